The lowest BCUT2D eigenvalue weighted by Crippen LogP contribution is -2.10. The molecule has 0 aliphatic heterocycles. The second kappa shape index (κ2) is 3.28. The van der Waals surface area contributed by atoms with E-state index >= 15 is 0 Å². The molecule has 1 aliphatic carbocycles. The molecule has 1 aliphatic rings. The molecule has 2 rings (SSSR count). The first-order valence-electron chi connectivity index (χ1n) is 4.61. The lowest BCUT2D eigenvalue weighted by atomic mass is 10.1. The molecule has 0 aromatic heterocycles. The quantitative estimate of drug-likeness (QED) is 0.715. The fourth-order valence-corrected chi connectivity index (χ4v) is 1.84. The van der Waals surface area contributed by atoms with Crippen molar-refractivity contribution in [2.75, 3.05) is 13.6 Å². The van der Waals surface area contributed by atoms with E-state index in [1.165, 1.54) is 18.5 Å². The zero-order chi connectivity index (χ0) is 8.39. The third-order valence-corrected chi connectivity index (χ3v) is 2.62. The number of rotatable bonds is 3. The molecule has 0 amide bonds. The summed E-state index contributed by atoms with van der Waals surface area (Å²) in [6.45, 7) is 1.17. The first-order chi connectivity index (χ1) is 5.92. The van der Waals surface area contributed by atoms with Crippen LogP contribution in [0.4, 0.5) is 0 Å². The molecule has 0 bridgehead atoms. The minimum atomic E-state index is 0.832. The molecule has 1 aromatic rings. The van der Waals surface area contributed by atoms with Crippen LogP contribution >= 0.6 is 0 Å². The second-order valence-corrected chi connectivity index (χ2v) is 3.57. The number of nitrogens with one attached hydrogen (secondary N) is 1. The van der Waals surface area contributed by atoms with Crippen molar-refractivity contribution < 1.29 is 0 Å². The van der Waals surface area contributed by atoms with Crippen molar-refractivity contribution in [1.82, 2.24) is 5.32 Å². The minimum Gasteiger partial charge on any atom is -0.319 e. The summed E-state index contributed by atoms with van der Waals surface area (Å²) in [5.74, 6) is 1.72. The van der Waals surface area contributed by atoms with Gasteiger partial charge in [-0.15, -0.1) is 0 Å². The van der Waals surface area contributed by atoms with Crippen LogP contribution in [0.15, 0.2) is 30.3 Å². The molecule has 64 valence electrons. The van der Waals surface area contributed by atoms with Crippen molar-refractivity contribution in [3.63, 3.8) is 0 Å². The topological polar surface area (TPSA) is 12.0 Å². The second-order valence-electron chi connectivity index (χ2n) is 3.57. The van der Waals surface area contributed by atoms with Crippen LogP contribution in [0.25, 0.3) is 0 Å². The van der Waals surface area contributed by atoms with E-state index in [2.05, 4.69) is 35.6 Å². The highest BCUT2D eigenvalue weighted by atomic mass is 14.8. The largest absolute Gasteiger partial charge is 0.319 e. The molecule has 1 heteroatoms. The Kier molecular flexibility index (Phi) is 2.13. The SMILES string of the molecule is CNC[C@@H]1CC1c1ccccc1. The van der Waals surface area contributed by atoms with E-state index in [1.54, 1.807) is 0 Å². The summed E-state index contributed by atoms with van der Waals surface area (Å²) in [5, 5.41) is 3.23. The summed E-state index contributed by atoms with van der Waals surface area (Å²) >= 11 is 0. The summed E-state index contributed by atoms with van der Waals surface area (Å²) in [6, 6.07) is 10.8. The summed E-state index contributed by atoms with van der Waals surface area (Å²) in [7, 11) is 2.03. The fraction of sp³-hybridized carbons (Fsp3) is 0.455. The Hall–Kier alpha value is -0.820. The van der Waals surface area contributed by atoms with Gasteiger partial charge in [-0.25, -0.2) is 0 Å². The molecule has 1 N–H and O–H groups in total. The molecule has 2 atom stereocenters. The predicted molar refractivity (Wildman–Crippen MR) is 51.2 cm³/mol. The molecule has 0 saturated heterocycles. The highest BCUT2D eigenvalue weighted by Gasteiger charge is 2.36. The Labute approximate surface area is 73.8 Å². The summed E-state index contributed by atoms with van der Waals surface area (Å²) < 4.78 is 0. The average Bonchev–Trinajstić information content (AvgIpc) is 2.87. The highest BCUT2D eigenvalue weighted by Crippen LogP contribution is 2.46. The molecule has 1 aromatic carbocycles. The van der Waals surface area contributed by atoms with Gasteiger partial charge in [0.2, 0.25) is 0 Å². The molecule has 1 fully saturated rings. The number of hydrogen-bond acceptors (Lipinski definition) is 1. The maximum absolute atomic E-state index is 3.23. The lowest BCUT2D eigenvalue weighted by molar-refractivity contribution is 0.698. The average molecular weight is 161 g/mol. The molecule has 1 saturated carbocycles. The minimum absolute atomic E-state index is 0.832. The van der Waals surface area contributed by atoms with Gasteiger partial charge in [0.05, 0.1) is 0 Å². The van der Waals surface area contributed by atoms with Crippen LogP contribution in [0.5, 0.6) is 0 Å². The molecular weight excluding hydrogens is 146 g/mol. The Morgan fingerprint density at radius 2 is 2.08 bits per heavy atom. The van der Waals surface area contributed by atoms with Crippen LogP contribution in [0, 0.1) is 5.92 Å². The summed E-state index contributed by atoms with van der Waals surface area (Å²) in [6.07, 6.45) is 1.37. The maximum Gasteiger partial charge on any atom is -0.00175 e. The van der Waals surface area contributed by atoms with Gasteiger partial charge in [0, 0.05) is 0 Å². The highest BCUT2D eigenvalue weighted by molar-refractivity contribution is 5.25. The van der Waals surface area contributed by atoms with Crippen LogP contribution in [0.2, 0.25) is 0 Å². The molecule has 1 nitrogen and oxygen atoms in total. The standard InChI is InChI=1S/C11H15N/c1-12-8-10-7-11(10)9-5-3-2-4-6-9/h2-6,10-12H,7-8H2,1H3/t10-,11?/m0/s1. The first-order valence-corrected chi connectivity index (χ1v) is 4.61. The van der Waals surface area contributed by atoms with Gasteiger partial charge in [-0.1, -0.05) is 30.3 Å². The van der Waals surface area contributed by atoms with Crippen molar-refractivity contribution >= 4 is 0 Å². The third kappa shape index (κ3) is 1.51. The van der Waals surface area contributed by atoms with Gasteiger partial charge in [0.25, 0.3) is 0 Å². The maximum atomic E-state index is 3.23. The Morgan fingerprint density at radius 1 is 1.33 bits per heavy atom. The van der Waals surface area contributed by atoms with Crippen molar-refractivity contribution in [2.45, 2.75) is 12.3 Å². The molecule has 0 spiro atoms. The van der Waals surface area contributed by atoms with E-state index in [1.807, 2.05) is 7.05 Å². The summed E-state index contributed by atoms with van der Waals surface area (Å²) in [4.78, 5) is 0. The van der Waals surface area contributed by atoms with E-state index in [-0.39, 0.29) is 0 Å². The van der Waals surface area contributed by atoms with Gasteiger partial charge < -0.3 is 5.32 Å². The fourth-order valence-electron chi connectivity index (χ4n) is 1.84. The van der Waals surface area contributed by atoms with E-state index in [0.717, 1.165) is 11.8 Å². The van der Waals surface area contributed by atoms with Crippen LogP contribution in [-0.2, 0) is 0 Å². The normalized spacial score (nSPS) is 27.1. The molecule has 0 heterocycles. The predicted octanol–water partition coefficient (Wildman–Crippen LogP) is 2.01. The molecule has 0 radical (unpaired) electrons. The van der Waals surface area contributed by atoms with Crippen molar-refractivity contribution in [2.24, 2.45) is 5.92 Å². The molecular formula is C11H15N. The smallest absolute Gasteiger partial charge is 0.00175 e. The van der Waals surface area contributed by atoms with Crippen LogP contribution in [0.3, 0.4) is 0 Å². The van der Waals surface area contributed by atoms with Gasteiger partial charge in [0.1, 0.15) is 0 Å². The number of hydrogen-bond donors (Lipinski definition) is 1. The van der Waals surface area contributed by atoms with Gasteiger partial charge in [-0.3, -0.25) is 0 Å². The van der Waals surface area contributed by atoms with Crippen LogP contribution < -0.4 is 5.32 Å². The van der Waals surface area contributed by atoms with E-state index in [0.29, 0.717) is 0 Å². The molecule has 12 heavy (non-hydrogen) atoms. The van der Waals surface area contributed by atoms with E-state index < -0.39 is 0 Å². The number of benzene rings is 1. The van der Waals surface area contributed by atoms with Crippen molar-refractivity contribution in [3.8, 4) is 0 Å². The Balaban J connectivity index is 1.97. The zero-order valence-electron chi connectivity index (χ0n) is 7.46. The lowest BCUT2D eigenvalue weighted by Gasteiger charge is -1.98. The third-order valence-electron chi connectivity index (χ3n) is 2.62. The zero-order valence-corrected chi connectivity index (χ0v) is 7.46. The van der Waals surface area contributed by atoms with Gasteiger partial charge >= 0.3 is 0 Å². The van der Waals surface area contributed by atoms with Gasteiger partial charge in [0.15, 0.2) is 0 Å². The van der Waals surface area contributed by atoms with E-state index in [9.17, 15) is 0 Å². The summed E-state index contributed by atoms with van der Waals surface area (Å²) in [5.41, 5.74) is 1.51. The van der Waals surface area contributed by atoms with Crippen LogP contribution in [-0.4, -0.2) is 13.6 Å². The van der Waals surface area contributed by atoms with Crippen molar-refractivity contribution in [1.29, 1.82) is 0 Å². The van der Waals surface area contributed by atoms with Crippen LogP contribution in [0.1, 0.15) is 17.9 Å². The Bertz CT molecular complexity index is 242. The Morgan fingerprint density at radius 3 is 2.75 bits per heavy atom. The van der Waals surface area contributed by atoms with E-state index in [4.69, 9.17) is 0 Å². The molecule has 1 unspecified atom stereocenters. The van der Waals surface area contributed by atoms with Gasteiger partial charge in [-0.2, -0.15) is 0 Å². The van der Waals surface area contributed by atoms with Gasteiger partial charge in [-0.05, 0) is 37.4 Å². The van der Waals surface area contributed by atoms with Crippen molar-refractivity contribution in [3.05, 3.63) is 35.9 Å². The first kappa shape index (κ1) is 7.81. The monoisotopic (exact) mass is 161 g/mol.